The van der Waals surface area contributed by atoms with Crippen LogP contribution < -0.4 is 0 Å². The number of rotatable bonds is 14. The highest BCUT2D eigenvalue weighted by Gasteiger charge is 2.51. The van der Waals surface area contributed by atoms with E-state index in [9.17, 15) is 0 Å². The Kier molecular flexibility index (Phi) is 12.3. The highest BCUT2D eigenvalue weighted by atomic mass is 16.7. The van der Waals surface area contributed by atoms with Gasteiger partial charge in [0.15, 0.2) is 5.79 Å². The second kappa shape index (κ2) is 14.1. The summed E-state index contributed by atoms with van der Waals surface area (Å²) in [5.74, 6) is 1.56. The smallest absolute Gasteiger partial charge is 0.174 e. The fourth-order valence-electron chi connectivity index (χ4n) is 6.39. The van der Waals surface area contributed by atoms with Crippen molar-refractivity contribution in [2.24, 2.45) is 17.8 Å². The zero-order valence-electron chi connectivity index (χ0n) is 21.2. The van der Waals surface area contributed by atoms with E-state index in [0.717, 1.165) is 5.92 Å². The van der Waals surface area contributed by atoms with Crippen molar-refractivity contribution >= 4 is 0 Å². The van der Waals surface area contributed by atoms with Crippen molar-refractivity contribution in [2.75, 3.05) is 0 Å². The molecule has 0 N–H and O–H groups in total. The fourth-order valence-corrected chi connectivity index (χ4v) is 6.39. The summed E-state index contributed by atoms with van der Waals surface area (Å²) in [4.78, 5) is 0. The first-order valence-corrected chi connectivity index (χ1v) is 13.8. The maximum absolute atomic E-state index is 6.98. The zero-order valence-corrected chi connectivity index (χ0v) is 21.2. The van der Waals surface area contributed by atoms with Gasteiger partial charge in [0, 0.05) is 11.8 Å². The van der Waals surface area contributed by atoms with Gasteiger partial charge in [-0.05, 0) is 65.7 Å². The molecule has 0 radical (unpaired) electrons. The SMILES string of the molecule is CCCCCCCCC(C1CCCCC1)C(OC(C)C)(OC(C)C)C1CCCCC1. The summed E-state index contributed by atoms with van der Waals surface area (Å²) >= 11 is 0. The van der Waals surface area contributed by atoms with Gasteiger partial charge in [-0.1, -0.05) is 84.0 Å². The fraction of sp³-hybridized carbons (Fsp3) is 1.00. The summed E-state index contributed by atoms with van der Waals surface area (Å²) in [6, 6.07) is 0. The van der Waals surface area contributed by atoms with Gasteiger partial charge in [0.05, 0.1) is 12.2 Å². The molecule has 0 aliphatic heterocycles. The third kappa shape index (κ3) is 8.12. The molecule has 2 heteroatoms. The van der Waals surface area contributed by atoms with Crippen LogP contribution in [0.1, 0.15) is 144 Å². The van der Waals surface area contributed by atoms with E-state index >= 15 is 0 Å². The van der Waals surface area contributed by atoms with E-state index in [1.54, 1.807) is 0 Å². The van der Waals surface area contributed by atoms with Crippen LogP contribution in [0.4, 0.5) is 0 Å². The zero-order chi connectivity index (χ0) is 21.8. The molecule has 2 nitrogen and oxygen atoms in total. The maximum atomic E-state index is 6.98. The summed E-state index contributed by atoms with van der Waals surface area (Å²) in [5, 5.41) is 0. The topological polar surface area (TPSA) is 18.5 Å². The molecule has 0 heterocycles. The van der Waals surface area contributed by atoms with E-state index in [4.69, 9.17) is 9.47 Å². The molecule has 1 atom stereocenters. The number of unbranched alkanes of at least 4 members (excludes halogenated alkanes) is 5. The van der Waals surface area contributed by atoms with Gasteiger partial charge in [0.25, 0.3) is 0 Å². The lowest BCUT2D eigenvalue weighted by Gasteiger charge is -2.52. The van der Waals surface area contributed by atoms with Crippen molar-refractivity contribution < 1.29 is 9.47 Å². The van der Waals surface area contributed by atoms with Gasteiger partial charge in [-0.15, -0.1) is 0 Å². The molecule has 1 unspecified atom stereocenters. The second-order valence-corrected chi connectivity index (χ2v) is 11.0. The molecule has 178 valence electrons. The van der Waals surface area contributed by atoms with Crippen LogP contribution in [-0.2, 0) is 9.47 Å². The van der Waals surface area contributed by atoms with Crippen LogP contribution in [0.15, 0.2) is 0 Å². The monoisotopic (exact) mass is 422 g/mol. The molecule has 0 amide bonds. The normalized spacial score (nSPS) is 20.9. The minimum Gasteiger partial charge on any atom is -0.347 e. The van der Waals surface area contributed by atoms with Crippen molar-refractivity contribution in [2.45, 2.75) is 162 Å². The van der Waals surface area contributed by atoms with Gasteiger partial charge in [0.2, 0.25) is 0 Å². The van der Waals surface area contributed by atoms with E-state index in [1.165, 1.54) is 109 Å². The lowest BCUT2D eigenvalue weighted by molar-refractivity contribution is -0.335. The first kappa shape index (κ1) is 26.2. The number of hydrogen-bond acceptors (Lipinski definition) is 2. The quantitative estimate of drug-likeness (QED) is 0.205. The molecule has 0 aromatic rings. The average Bonchev–Trinajstić information content (AvgIpc) is 2.73. The largest absolute Gasteiger partial charge is 0.347 e. The van der Waals surface area contributed by atoms with Crippen molar-refractivity contribution in [3.63, 3.8) is 0 Å². The molecule has 0 saturated heterocycles. The first-order chi connectivity index (χ1) is 14.5. The summed E-state index contributed by atoms with van der Waals surface area (Å²) in [7, 11) is 0. The van der Waals surface area contributed by atoms with Crippen LogP contribution in [0.2, 0.25) is 0 Å². The minimum atomic E-state index is -0.367. The first-order valence-electron chi connectivity index (χ1n) is 13.8. The molecule has 2 rings (SSSR count). The van der Waals surface area contributed by atoms with Gasteiger partial charge >= 0.3 is 0 Å². The van der Waals surface area contributed by atoms with Crippen LogP contribution in [-0.4, -0.2) is 18.0 Å². The van der Waals surface area contributed by atoms with E-state index in [2.05, 4.69) is 34.6 Å². The Bertz CT molecular complexity index is 408. The molecular formula is C28H54O2. The summed E-state index contributed by atoms with van der Waals surface area (Å²) in [6.07, 6.45) is 23.7. The molecule has 30 heavy (non-hydrogen) atoms. The molecular weight excluding hydrogens is 368 g/mol. The van der Waals surface area contributed by atoms with Crippen molar-refractivity contribution in [1.82, 2.24) is 0 Å². The molecule has 2 fully saturated rings. The van der Waals surface area contributed by atoms with Crippen molar-refractivity contribution in [3.8, 4) is 0 Å². The molecule has 2 aliphatic rings. The van der Waals surface area contributed by atoms with Crippen molar-refractivity contribution in [1.29, 1.82) is 0 Å². The predicted octanol–water partition coefficient (Wildman–Crippen LogP) is 9.06. The molecule has 0 spiro atoms. The number of hydrogen-bond donors (Lipinski definition) is 0. The summed E-state index contributed by atoms with van der Waals surface area (Å²) in [5.41, 5.74) is 0. The maximum Gasteiger partial charge on any atom is 0.174 e. The van der Waals surface area contributed by atoms with Crippen LogP contribution in [0, 0.1) is 17.8 Å². The Balaban J connectivity index is 2.25. The second-order valence-electron chi connectivity index (χ2n) is 11.0. The third-order valence-electron chi connectivity index (χ3n) is 7.62. The Labute approximate surface area is 189 Å². The minimum absolute atomic E-state index is 0.223. The Morgan fingerprint density at radius 3 is 1.70 bits per heavy atom. The van der Waals surface area contributed by atoms with Crippen LogP contribution in [0.5, 0.6) is 0 Å². The molecule has 2 saturated carbocycles. The molecule has 2 aliphatic carbocycles. The molecule has 0 aromatic carbocycles. The summed E-state index contributed by atoms with van der Waals surface area (Å²) in [6.45, 7) is 11.2. The van der Waals surface area contributed by atoms with E-state index in [1.807, 2.05) is 0 Å². The Hall–Kier alpha value is -0.0800. The highest BCUT2D eigenvalue weighted by molar-refractivity contribution is 4.93. The van der Waals surface area contributed by atoms with Gasteiger partial charge < -0.3 is 9.47 Å². The van der Waals surface area contributed by atoms with Gasteiger partial charge in [-0.25, -0.2) is 0 Å². The Morgan fingerprint density at radius 1 is 0.667 bits per heavy atom. The van der Waals surface area contributed by atoms with Gasteiger partial charge in [-0.3, -0.25) is 0 Å². The van der Waals surface area contributed by atoms with E-state index in [-0.39, 0.29) is 18.0 Å². The standard InChI is InChI=1S/C28H54O2/c1-6-7-8-9-10-17-22-27(25-18-13-11-14-19-25)28(29-23(2)3,30-24(4)5)26-20-15-12-16-21-26/h23-27H,6-22H2,1-5H3. The molecule has 0 aromatic heterocycles. The lowest BCUT2D eigenvalue weighted by Crippen LogP contribution is -2.55. The van der Waals surface area contributed by atoms with Crippen LogP contribution in [0.3, 0.4) is 0 Å². The lowest BCUT2D eigenvalue weighted by atomic mass is 9.67. The molecule has 0 bridgehead atoms. The predicted molar refractivity (Wildman–Crippen MR) is 130 cm³/mol. The van der Waals surface area contributed by atoms with Crippen LogP contribution in [0.25, 0.3) is 0 Å². The average molecular weight is 423 g/mol. The van der Waals surface area contributed by atoms with E-state index in [0.29, 0.717) is 11.8 Å². The summed E-state index contributed by atoms with van der Waals surface area (Å²) < 4.78 is 14.0. The highest BCUT2D eigenvalue weighted by Crippen LogP contribution is 2.49. The van der Waals surface area contributed by atoms with E-state index < -0.39 is 0 Å². The van der Waals surface area contributed by atoms with Gasteiger partial charge in [0.1, 0.15) is 0 Å². The van der Waals surface area contributed by atoms with Gasteiger partial charge in [-0.2, -0.15) is 0 Å². The number of ether oxygens (including phenoxy) is 2. The van der Waals surface area contributed by atoms with Crippen molar-refractivity contribution in [3.05, 3.63) is 0 Å². The van der Waals surface area contributed by atoms with Crippen LogP contribution >= 0.6 is 0 Å². The third-order valence-corrected chi connectivity index (χ3v) is 7.62. The Morgan fingerprint density at radius 2 is 1.17 bits per heavy atom.